The zero-order chi connectivity index (χ0) is 23.5. The Morgan fingerprint density at radius 3 is 2.15 bits per heavy atom. The SMILES string of the molecule is COc1ccc(C2C(=C(O)c3ccc(OC(C)C)cc3)C(=O)C(=O)N2c2ncccn2)cc1. The lowest BCUT2D eigenvalue weighted by Gasteiger charge is -2.23. The highest BCUT2D eigenvalue weighted by molar-refractivity contribution is 6.51. The van der Waals surface area contributed by atoms with E-state index in [-0.39, 0.29) is 23.4 Å². The summed E-state index contributed by atoms with van der Waals surface area (Å²) in [5.41, 5.74) is 0.940. The van der Waals surface area contributed by atoms with Crippen LogP contribution >= 0.6 is 0 Å². The van der Waals surface area contributed by atoms with Gasteiger partial charge in [-0.2, -0.15) is 0 Å². The minimum Gasteiger partial charge on any atom is -0.507 e. The van der Waals surface area contributed by atoms with Crippen LogP contribution in [0.25, 0.3) is 5.76 Å². The number of aliphatic hydroxyl groups excluding tert-OH is 1. The van der Waals surface area contributed by atoms with Gasteiger partial charge in [0.05, 0.1) is 24.8 Å². The molecule has 3 aromatic rings. The van der Waals surface area contributed by atoms with Crippen LogP contribution in [0.1, 0.15) is 31.0 Å². The third-order valence-electron chi connectivity index (χ3n) is 5.14. The second-order valence-electron chi connectivity index (χ2n) is 7.68. The molecule has 0 aliphatic carbocycles. The number of carbonyl (C=O) groups is 2. The number of ketones is 1. The number of Topliss-reactive ketones (excluding diaryl/α,β-unsaturated/α-hetero) is 1. The smallest absolute Gasteiger partial charge is 0.302 e. The average Bonchev–Trinajstić information content (AvgIpc) is 3.10. The van der Waals surface area contributed by atoms with Crippen LogP contribution in [-0.4, -0.2) is 40.0 Å². The van der Waals surface area contributed by atoms with E-state index in [1.165, 1.54) is 17.3 Å². The maximum Gasteiger partial charge on any atom is 0.302 e. The Kier molecular flexibility index (Phi) is 6.08. The molecule has 1 atom stereocenters. The van der Waals surface area contributed by atoms with Crippen molar-refractivity contribution in [1.82, 2.24) is 9.97 Å². The molecule has 1 aliphatic heterocycles. The summed E-state index contributed by atoms with van der Waals surface area (Å²) in [6, 6.07) is 14.3. The lowest BCUT2D eigenvalue weighted by molar-refractivity contribution is -0.132. The van der Waals surface area contributed by atoms with E-state index in [0.717, 1.165) is 0 Å². The van der Waals surface area contributed by atoms with Crippen molar-refractivity contribution in [3.05, 3.63) is 83.7 Å². The molecule has 1 saturated heterocycles. The van der Waals surface area contributed by atoms with Crippen molar-refractivity contribution in [2.24, 2.45) is 0 Å². The topological polar surface area (TPSA) is 102 Å². The van der Waals surface area contributed by atoms with E-state index in [9.17, 15) is 14.7 Å². The summed E-state index contributed by atoms with van der Waals surface area (Å²) < 4.78 is 10.9. The molecule has 1 aromatic heterocycles. The number of aliphatic hydroxyl groups is 1. The zero-order valence-electron chi connectivity index (χ0n) is 18.4. The molecule has 4 rings (SSSR count). The normalized spacial score (nSPS) is 17.5. The van der Waals surface area contributed by atoms with E-state index in [1.807, 2.05) is 13.8 Å². The standard InChI is InChI=1S/C25H23N3O5/c1-15(2)33-19-11-7-17(8-12-19)22(29)20-21(16-5-9-18(32-3)10-6-16)28(24(31)23(20)30)25-26-13-4-14-27-25/h4-15,21,29H,1-3H3. The molecule has 2 aromatic carbocycles. The number of hydrogen-bond acceptors (Lipinski definition) is 7. The number of rotatable bonds is 6. The molecule has 2 heterocycles. The molecule has 1 N–H and O–H groups in total. The molecule has 1 amide bonds. The van der Waals surface area contributed by atoms with Crippen LogP contribution in [0, 0.1) is 0 Å². The van der Waals surface area contributed by atoms with Gasteiger partial charge in [-0.05, 0) is 61.9 Å². The predicted molar refractivity (Wildman–Crippen MR) is 122 cm³/mol. The van der Waals surface area contributed by atoms with Gasteiger partial charge in [-0.15, -0.1) is 0 Å². The number of hydrogen-bond donors (Lipinski definition) is 1. The van der Waals surface area contributed by atoms with Gasteiger partial charge in [0.2, 0.25) is 5.95 Å². The quantitative estimate of drug-likeness (QED) is 0.349. The Bertz CT molecular complexity index is 1190. The van der Waals surface area contributed by atoms with E-state index in [0.29, 0.717) is 22.6 Å². The van der Waals surface area contributed by atoms with E-state index in [4.69, 9.17) is 9.47 Å². The number of benzene rings is 2. The van der Waals surface area contributed by atoms with Gasteiger partial charge in [-0.25, -0.2) is 9.97 Å². The summed E-state index contributed by atoms with van der Waals surface area (Å²) in [5.74, 6) is -0.603. The molecular formula is C25H23N3O5. The highest BCUT2D eigenvalue weighted by Crippen LogP contribution is 2.41. The summed E-state index contributed by atoms with van der Waals surface area (Å²) in [6.07, 6.45) is 2.97. The van der Waals surface area contributed by atoms with Gasteiger partial charge in [-0.3, -0.25) is 14.5 Å². The van der Waals surface area contributed by atoms with Crippen LogP contribution in [0.2, 0.25) is 0 Å². The number of aromatic nitrogens is 2. The van der Waals surface area contributed by atoms with Crippen molar-refractivity contribution in [3.63, 3.8) is 0 Å². The maximum absolute atomic E-state index is 13.1. The Hall–Kier alpha value is -4.20. The molecular weight excluding hydrogens is 422 g/mol. The summed E-state index contributed by atoms with van der Waals surface area (Å²) in [7, 11) is 1.55. The first-order valence-corrected chi connectivity index (χ1v) is 10.4. The second kappa shape index (κ2) is 9.12. The van der Waals surface area contributed by atoms with E-state index < -0.39 is 17.7 Å². The average molecular weight is 445 g/mol. The number of ether oxygens (including phenoxy) is 2. The summed E-state index contributed by atoms with van der Waals surface area (Å²) in [4.78, 5) is 35.7. The number of anilines is 1. The first-order valence-electron chi connectivity index (χ1n) is 10.4. The van der Waals surface area contributed by atoms with Gasteiger partial charge in [-0.1, -0.05) is 12.1 Å². The molecule has 168 valence electrons. The van der Waals surface area contributed by atoms with Crippen LogP contribution in [-0.2, 0) is 9.59 Å². The summed E-state index contributed by atoms with van der Waals surface area (Å²) in [5, 5.41) is 11.2. The van der Waals surface area contributed by atoms with Gasteiger partial charge in [0.25, 0.3) is 5.78 Å². The van der Waals surface area contributed by atoms with Crippen molar-refractivity contribution < 1.29 is 24.2 Å². The van der Waals surface area contributed by atoms with Crippen LogP contribution in [0.4, 0.5) is 5.95 Å². The van der Waals surface area contributed by atoms with Gasteiger partial charge < -0.3 is 14.6 Å². The van der Waals surface area contributed by atoms with Crippen molar-refractivity contribution in [3.8, 4) is 11.5 Å². The van der Waals surface area contributed by atoms with Crippen LogP contribution in [0.5, 0.6) is 11.5 Å². The Morgan fingerprint density at radius 1 is 0.970 bits per heavy atom. The predicted octanol–water partition coefficient (Wildman–Crippen LogP) is 3.90. The first kappa shape index (κ1) is 22.0. The molecule has 0 radical (unpaired) electrons. The fraction of sp³-hybridized carbons (Fsp3) is 0.200. The number of carbonyl (C=O) groups excluding carboxylic acids is 2. The van der Waals surface area contributed by atoms with E-state index in [2.05, 4.69) is 9.97 Å². The highest BCUT2D eigenvalue weighted by Gasteiger charge is 2.48. The maximum atomic E-state index is 13.1. The molecule has 1 unspecified atom stereocenters. The summed E-state index contributed by atoms with van der Waals surface area (Å²) in [6.45, 7) is 3.83. The van der Waals surface area contributed by atoms with E-state index >= 15 is 0 Å². The number of nitrogens with zero attached hydrogens (tertiary/aromatic N) is 3. The Labute approximate surface area is 191 Å². The molecule has 1 aliphatic rings. The second-order valence-corrected chi connectivity index (χ2v) is 7.68. The van der Waals surface area contributed by atoms with Crippen molar-refractivity contribution in [2.75, 3.05) is 12.0 Å². The van der Waals surface area contributed by atoms with Crippen molar-refractivity contribution >= 4 is 23.4 Å². The molecule has 33 heavy (non-hydrogen) atoms. The van der Waals surface area contributed by atoms with E-state index in [1.54, 1.807) is 61.7 Å². The zero-order valence-corrected chi connectivity index (χ0v) is 18.4. The first-order chi connectivity index (χ1) is 15.9. The molecule has 0 saturated carbocycles. The molecule has 0 spiro atoms. The molecule has 0 bridgehead atoms. The van der Waals surface area contributed by atoms with Gasteiger partial charge >= 0.3 is 5.91 Å². The third-order valence-corrected chi connectivity index (χ3v) is 5.14. The van der Waals surface area contributed by atoms with Crippen LogP contribution in [0.3, 0.4) is 0 Å². The molecule has 1 fully saturated rings. The van der Waals surface area contributed by atoms with Gasteiger partial charge in [0, 0.05) is 18.0 Å². The molecule has 8 nitrogen and oxygen atoms in total. The van der Waals surface area contributed by atoms with Gasteiger partial charge in [0.15, 0.2) is 0 Å². The molecule has 8 heteroatoms. The number of methoxy groups -OCH3 is 1. The summed E-state index contributed by atoms with van der Waals surface area (Å²) >= 11 is 0. The lowest BCUT2D eigenvalue weighted by Crippen LogP contribution is -2.31. The van der Waals surface area contributed by atoms with Crippen LogP contribution < -0.4 is 14.4 Å². The van der Waals surface area contributed by atoms with Crippen LogP contribution in [0.15, 0.2) is 72.6 Å². The monoisotopic (exact) mass is 445 g/mol. The fourth-order valence-electron chi connectivity index (χ4n) is 3.68. The minimum absolute atomic E-state index is 0.00397. The lowest BCUT2D eigenvalue weighted by atomic mass is 9.95. The van der Waals surface area contributed by atoms with Gasteiger partial charge in [0.1, 0.15) is 17.3 Å². The third kappa shape index (κ3) is 4.27. The Morgan fingerprint density at radius 2 is 1.58 bits per heavy atom. The number of amides is 1. The minimum atomic E-state index is -0.912. The highest BCUT2D eigenvalue weighted by atomic mass is 16.5. The van der Waals surface area contributed by atoms with Crippen molar-refractivity contribution in [1.29, 1.82) is 0 Å². The fourth-order valence-corrected chi connectivity index (χ4v) is 3.68. The Balaban J connectivity index is 1.85. The van der Waals surface area contributed by atoms with Crippen molar-refractivity contribution in [2.45, 2.75) is 26.0 Å². The largest absolute Gasteiger partial charge is 0.507 e.